The molecular weight excluding hydrogens is 184 g/mol. The fourth-order valence-electron chi connectivity index (χ4n) is 1.95. The lowest BCUT2D eigenvalue weighted by atomic mass is 9.86. The van der Waals surface area contributed by atoms with E-state index in [0.29, 0.717) is 19.4 Å². The molecule has 0 radical (unpaired) electrons. The number of rotatable bonds is 4. The van der Waals surface area contributed by atoms with E-state index in [1.807, 2.05) is 6.92 Å². The number of ether oxygens (including phenoxy) is 1. The molecule has 1 aliphatic rings. The number of aliphatic carboxylic acids is 1. The van der Waals surface area contributed by atoms with Crippen LogP contribution in [0.25, 0.3) is 0 Å². The maximum Gasteiger partial charge on any atom is 0.306 e. The van der Waals surface area contributed by atoms with Crippen LogP contribution in [-0.2, 0) is 9.53 Å². The molecule has 1 fully saturated rings. The van der Waals surface area contributed by atoms with Crippen LogP contribution < -0.4 is 0 Å². The average Bonchev–Trinajstić information content (AvgIpc) is 2.01. The van der Waals surface area contributed by atoms with Crippen LogP contribution in [0.1, 0.15) is 39.0 Å². The molecule has 1 saturated heterocycles. The van der Waals surface area contributed by atoms with Crippen molar-refractivity contribution in [1.82, 2.24) is 0 Å². The predicted molar refractivity (Wildman–Crippen MR) is 51.1 cm³/mol. The summed E-state index contributed by atoms with van der Waals surface area (Å²) in [7, 11) is 0. The lowest BCUT2D eigenvalue weighted by molar-refractivity contribution is -0.151. The molecule has 2 atom stereocenters. The van der Waals surface area contributed by atoms with Crippen molar-refractivity contribution in [2.45, 2.75) is 50.7 Å². The second-order valence-electron chi connectivity index (χ2n) is 4.03. The number of carboxylic acids is 1. The first kappa shape index (κ1) is 11.5. The van der Waals surface area contributed by atoms with Crippen LogP contribution >= 0.6 is 0 Å². The summed E-state index contributed by atoms with van der Waals surface area (Å²) in [5.74, 6) is -0.940. The molecule has 14 heavy (non-hydrogen) atoms. The second kappa shape index (κ2) is 4.75. The van der Waals surface area contributed by atoms with Crippen molar-refractivity contribution < 1.29 is 19.7 Å². The first-order chi connectivity index (χ1) is 6.56. The van der Waals surface area contributed by atoms with E-state index in [0.717, 1.165) is 12.8 Å². The highest BCUT2D eigenvalue weighted by Gasteiger charge is 2.36. The van der Waals surface area contributed by atoms with Crippen molar-refractivity contribution in [3.05, 3.63) is 0 Å². The lowest BCUT2D eigenvalue weighted by Gasteiger charge is -2.35. The minimum absolute atomic E-state index is 0.0260. The Hall–Kier alpha value is -0.610. The van der Waals surface area contributed by atoms with Gasteiger partial charge >= 0.3 is 5.97 Å². The van der Waals surface area contributed by atoms with Crippen molar-refractivity contribution in [1.29, 1.82) is 0 Å². The van der Waals surface area contributed by atoms with Crippen LogP contribution in [0.5, 0.6) is 0 Å². The summed E-state index contributed by atoms with van der Waals surface area (Å²) in [6, 6.07) is 0. The molecule has 0 bridgehead atoms. The minimum Gasteiger partial charge on any atom is -0.481 e. The van der Waals surface area contributed by atoms with Gasteiger partial charge in [-0.2, -0.15) is 0 Å². The van der Waals surface area contributed by atoms with Gasteiger partial charge in [-0.05, 0) is 6.42 Å². The summed E-state index contributed by atoms with van der Waals surface area (Å²) in [5, 5.41) is 18.6. The van der Waals surface area contributed by atoms with Gasteiger partial charge < -0.3 is 14.9 Å². The third-order valence-corrected chi connectivity index (χ3v) is 2.62. The summed E-state index contributed by atoms with van der Waals surface area (Å²) in [4.78, 5) is 10.5. The Morgan fingerprint density at radius 2 is 2.36 bits per heavy atom. The zero-order valence-electron chi connectivity index (χ0n) is 8.53. The van der Waals surface area contributed by atoms with Crippen molar-refractivity contribution in [3.63, 3.8) is 0 Å². The van der Waals surface area contributed by atoms with Gasteiger partial charge in [-0.25, -0.2) is 0 Å². The summed E-state index contributed by atoms with van der Waals surface area (Å²) in [6.07, 6.45) is 2.62. The molecular formula is C10H18O4. The monoisotopic (exact) mass is 202 g/mol. The quantitative estimate of drug-likeness (QED) is 0.718. The van der Waals surface area contributed by atoms with E-state index in [9.17, 15) is 9.90 Å². The van der Waals surface area contributed by atoms with E-state index >= 15 is 0 Å². The summed E-state index contributed by atoms with van der Waals surface area (Å²) in [6.45, 7) is 2.52. The SMILES string of the molecule is CCCC1CC(O)(CC(=O)O)CCO1. The van der Waals surface area contributed by atoms with Gasteiger partial charge in [-0.3, -0.25) is 4.79 Å². The van der Waals surface area contributed by atoms with Crippen LogP contribution in [0.2, 0.25) is 0 Å². The number of carbonyl (C=O) groups is 1. The molecule has 1 aliphatic heterocycles. The zero-order chi connectivity index (χ0) is 10.6. The van der Waals surface area contributed by atoms with Crippen LogP contribution in [-0.4, -0.2) is 34.5 Å². The highest BCUT2D eigenvalue weighted by molar-refractivity contribution is 5.68. The predicted octanol–water partition coefficient (Wildman–Crippen LogP) is 1.17. The Labute approximate surface area is 83.9 Å². The van der Waals surface area contributed by atoms with Gasteiger partial charge in [0.1, 0.15) is 0 Å². The fourth-order valence-corrected chi connectivity index (χ4v) is 1.95. The molecule has 82 valence electrons. The summed E-state index contributed by atoms with van der Waals surface area (Å²) < 4.78 is 5.44. The maximum atomic E-state index is 10.5. The van der Waals surface area contributed by atoms with Gasteiger partial charge in [-0.1, -0.05) is 13.3 Å². The molecule has 0 amide bonds. The largest absolute Gasteiger partial charge is 0.481 e. The van der Waals surface area contributed by atoms with Crippen LogP contribution in [0, 0.1) is 0 Å². The first-order valence-electron chi connectivity index (χ1n) is 5.11. The van der Waals surface area contributed by atoms with E-state index in [1.165, 1.54) is 0 Å². The van der Waals surface area contributed by atoms with E-state index in [2.05, 4.69) is 0 Å². The normalized spacial score (nSPS) is 32.9. The first-order valence-corrected chi connectivity index (χ1v) is 5.11. The summed E-state index contributed by atoms with van der Waals surface area (Å²) >= 11 is 0. The average molecular weight is 202 g/mol. The Balaban J connectivity index is 2.48. The Bertz CT molecular complexity index is 202. The van der Waals surface area contributed by atoms with Crippen LogP contribution in [0.3, 0.4) is 0 Å². The van der Waals surface area contributed by atoms with E-state index < -0.39 is 11.6 Å². The number of carboxylic acid groups (broad SMARTS) is 1. The highest BCUT2D eigenvalue weighted by Crippen LogP contribution is 2.29. The van der Waals surface area contributed by atoms with E-state index in [4.69, 9.17) is 9.84 Å². The molecule has 0 aromatic rings. The third-order valence-electron chi connectivity index (χ3n) is 2.62. The summed E-state index contributed by atoms with van der Waals surface area (Å²) in [5.41, 5.74) is -1.05. The number of hydrogen-bond donors (Lipinski definition) is 2. The third kappa shape index (κ3) is 3.27. The van der Waals surface area contributed by atoms with Gasteiger partial charge in [0.2, 0.25) is 0 Å². The molecule has 0 aromatic carbocycles. The van der Waals surface area contributed by atoms with Crippen LogP contribution in [0.15, 0.2) is 0 Å². The van der Waals surface area contributed by atoms with Crippen molar-refractivity contribution in [3.8, 4) is 0 Å². The molecule has 4 heteroatoms. The van der Waals surface area contributed by atoms with Gasteiger partial charge in [0.25, 0.3) is 0 Å². The second-order valence-corrected chi connectivity index (χ2v) is 4.03. The Kier molecular flexibility index (Phi) is 3.89. The van der Waals surface area contributed by atoms with E-state index in [-0.39, 0.29) is 12.5 Å². The van der Waals surface area contributed by atoms with E-state index in [1.54, 1.807) is 0 Å². The molecule has 0 saturated carbocycles. The van der Waals surface area contributed by atoms with Crippen molar-refractivity contribution in [2.24, 2.45) is 0 Å². The maximum absolute atomic E-state index is 10.5. The topological polar surface area (TPSA) is 66.8 Å². The van der Waals surface area contributed by atoms with Gasteiger partial charge in [0, 0.05) is 19.4 Å². The molecule has 0 aliphatic carbocycles. The molecule has 0 spiro atoms. The number of aliphatic hydroxyl groups is 1. The van der Waals surface area contributed by atoms with Crippen LogP contribution in [0.4, 0.5) is 0 Å². The molecule has 4 nitrogen and oxygen atoms in total. The van der Waals surface area contributed by atoms with Gasteiger partial charge in [0.05, 0.1) is 18.1 Å². The Morgan fingerprint density at radius 1 is 1.64 bits per heavy atom. The molecule has 1 heterocycles. The number of hydrogen-bond acceptors (Lipinski definition) is 3. The molecule has 2 N–H and O–H groups in total. The fraction of sp³-hybridized carbons (Fsp3) is 0.900. The Morgan fingerprint density at radius 3 is 2.93 bits per heavy atom. The standard InChI is InChI=1S/C10H18O4/c1-2-3-8-6-10(13,4-5-14-8)7-9(11)12/h8,13H,2-7H2,1H3,(H,11,12). The zero-order valence-corrected chi connectivity index (χ0v) is 8.53. The smallest absolute Gasteiger partial charge is 0.306 e. The molecule has 2 unspecified atom stereocenters. The lowest BCUT2D eigenvalue weighted by Crippen LogP contribution is -2.42. The van der Waals surface area contributed by atoms with Crippen molar-refractivity contribution >= 4 is 5.97 Å². The van der Waals surface area contributed by atoms with Gasteiger partial charge in [-0.15, -0.1) is 0 Å². The minimum atomic E-state index is -1.05. The molecule has 1 rings (SSSR count). The highest BCUT2D eigenvalue weighted by atomic mass is 16.5. The van der Waals surface area contributed by atoms with Gasteiger partial charge in [0.15, 0.2) is 0 Å². The van der Waals surface area contributed by atoms with Crippen molar-refractivity contribution in [2.75, 3.05) is 6.61 Å². The molecule has 0 aromatic heterocycles.